The van der Waals surface area contributed by atoms with E-state index in [2.05, 4.69) is 42.5 Å². The first-order chi connectivity index (χ1) is 9.24. The van der Waals surface area contributed by atoms with Crippen molar-refractivity contribution < 1.29 is 0 Å². The predicted molar refractivity (Wildman–Crippen MR) is 81.2 cm³/mol. The van der Waals surface area contributed by atoms with Crippen LogP contribution < -0.4 is 5.73 Å². The van der Waals surface area contributed by atoms with Gasteiger partial charge in [0.25, 0.3) is 0 Å². The Balaban J connectivity index is 2.32. The Morgan fingerprint density at radius 3 is 1.74 bits per heavy atom. The van der Waals surface area contributed by atoms with Gasteiger partial charge in [-0.1, -0.05) is 42.5 Å². The maximum Gasteiger partial charge on any atom is 0.122 e. The average Bonchev–Trinajstić information content (AvgIpc) is 2.44. The number of benzene rings is 4. The van der Waals surface area contributed by atoms with E-state index in [-0.39, 0.29) is 5.84 Å². The molecule has 0 unspecified atom stereocenters. The van der Waals surface area contributed by atoms with Crippen LogP contribution >= 0.6 is 0 Å². The average molecular weight is 244 g/mol. The summed E-state index contributed by atoms with van der Waals surface area (Å²) in [6.07, 6.45) is 0. The topological polar surface area (TPSA) is 49.9 Å². The molecule has 0 radical (unpaired) electrons. The van der Waals surface area contributed by atoms with E-state index in [4.69, 9.17) is 11.1 Å². The van der Waals surface area contributed by atoms with Gasteiger partial charge in [-0.05, 0) is 44.5 Å². The highest BCUT2D eigenvalue weighted by atomic mass is 14.7. The second kappa shape index (κ2) is 3.45. The molecule has 2 heteroatoms. The number of hydrogen-bond donors (Lipinski definition) is 2. The Morgan fingerprint density at radius 2 is 1.21 bits per heavy atom. The first-order valence-corrected chi connectivity index (χ1v) is 6.26. The van der Waals surface area contributed by atoms with Gasteiger partial charge in [-0.2, -0.15) is 0 Å². The van der Waals surface area contributed by atoms with Crippen molar-refractivity contribution in [2.45, 2.75) is 0 Å². The van der Waals surface area contributed by atoms with E-state index in [0.717, 1.165) is 16.3 Å². The number of rotatable bonds is 1. The van der Waals surface area contributed by atoms with Gasteiger partial charge < -0.3 is 5.73 Å². The van der Waals surface area contributed by atoms with E-state index in [1.165, 1.54) is 21.5 Å². The van der Waals surface area contributed by atoms with Crippen LogP contribution in [0.5, 0.6) is 0 Å². The van der Waals surface area contributed by atoms with Gasteiger partial charge in [-0.3, -0.25) is 5.41 Å². The van der Waals surface area contributed by atoms with Crippen LogP contribution in [0.4, 0.5) is 0 Å². The Bertz CT molecular complexity index is 874. The molecule has 0 aromatic heterocycles. The Kier molecular flexibility index (Phi) is 1.88. The largest absolute Gasteiger partial charge is 0.384 e. The van der Waals surface area contributed by atoms with Crippen molar-refractivity contribution in [2.75, 3.05) is 0 Å². The fourth-order valence-electron chi connectivity index (χ4n) is 2.91. The Hall–Kier alpha value is -2.61. The fraction of sp³-hybridized carbons (Fsp3) is 0. The van der Waals surface area contributed by atoms with Crippen LogP contribution in [0.2, 0.25) is 0 Å². The van der Waals surface area contributed by atoms with Crippen LogP contribution in [0.25, 0.3) is 32.3 Å². The van der Waals surface area contributed by atoms with E-state index >= 15 is 0 Å². The van der Waals surface area contributed by atoms with Gasteiger partial charge in [0.2, 0.25) is 0 Å². The molecule has 90 valence electrons. The second-order valence-electron chi connectivity index (χ2n) is 4.92. The first-order valence-electron chi connectivity index (χ1n) is 6.26. The van der Waals surface area contributed by atoms with Crippen molar-refractivity contribution in [3.8, 4) is 0 Å². The van der Waals surface area contributed by atoms with Crippen molar-refractivity contribution in [2.24, 2.45) is 5.73 Å². The van der Waals surface area contributed by atoms with Gasteiger partial charge in [0.15, 0.2) is 0 Å². The summed E-state index contributed by atoms with van der Waals surface area (Å²) in [4.78, 5) is 0. The van der Waals surface area contributed by atoms with E-state index in [0.29, 0.717) is 0 Å². The molecule has 0 aliphatic heterocycles. The van der Waals surface area contributed by atoms with Gasteiger partial charge in [0, 0.05) is 5.56 Å². The molecule has 4 aromatic rings. The lowest BCUT2D eigenvalue weighted by Crippen LogP contribution is -2.10. The molecule has 0 aliphatic rings. The van der Waals surface area contributed by atoms with Gasteiger partial charge >= 0.3 is 0 Å². The van der Waals surface area contributed by atoms with Gasteiger partial charge in [0.05, 0.1) is 0 Å². The normalized spacial score (nSPS) is 11.6. The van der Waals surface area contributed by atoms with E-state index in [1.54, 1.807) is 0 Å². The first kappa shape index (κ1) is 10.3. The molecule has 2 nitrogen and oxygen atoms in total. The summed E-state index contributed by atoms with van der Waals surface area (Å²) in [6.45, 7) is 0. The van der Waals surface area contributed by atoms with Crippen LogP contribution in [0.1, 0.15) is 5.56 Å². The molecule has 3 N–H and O–H groups in total. The maximum atomic E-state index is 7.61. The van der Waals surface area contributed by atoms with Crippen molar-refractivity contribution in [1.29, 1.82) is 5.41 Å². The zero-order valence-corrected chi connectivity index (χ0v) is 10.3. The molecule has 0 spiro atoms. The lowest BCUT2D eigenvalue weighted by atomic mass is 9.93. The summed E-state index contributed by atoms with van der Waals surface area (Å²) in [5.74, 6) is 0.116. The van der Waals surface area contributed by atoms with Crippen LogP contribution in [0.15, 0.2) is 54.6 Å². The highest BCUT2D eigenvalue weighted by Crippen LogP contribution is 2.34. The quantitative estimate of drug-likeness (QED) is 0.298. The molecule has 0 saturated heterocycles. The minimum absolute atomic E-state index is 0.116. The summed E-state index contributed by atoms with van der Waals surface area (Å²) in [5.41, 5.74) is 6.40. The molecule has 0 atom stereocenters. The second-order valence-corrected chi connectivity index (χ2v) is 4.92. The number of nitrogens with one attached hydrogen (secondary N) is 1. The number of amidine groups is 1. The molecule has 4 rings (SSSR count). The molecule has 19 heavy (non-hydrogen) atoms. The SMILES string of the molecule is N=C(N)c1cc2ccc3cccc4ccc(c1)c2c34. The van der Waals surface area contributed by atoms with Crippen molar-refractivity contribution in [3.05, 3.63) is 60.2 Å². The maximum absolute atomic E-state index is 7.61. The lowest BCUT2D eigenvalue weighted by Gasteiger charge is -2.11. The Labute approximate surface area is 110 Å². The standard InChI is InChI=1S/C17H12N2/c18-17(19)14-8-12-6-4-10-2-1-3-11-5-7-13(9-14)16(12)15(10)11/h1-9H,(H3,18,19). The molecule has 0 bridgehead atoms. The van der Waals surface area contributed by atoms with Gasteiger partial charge in [-0.25, -0.2) is 0 Å². The van der Waals surface area contributed by atoms with Gasteiger partial charge in [0.1, 0.15) is 5.84 Å². The molecular formula is C17H12N2. The van der Waals surface area contributed by atoms with Crippen molar-refractivity contribution in [1.82, 2.24) is 0 Å². The summed E-state index contributed by atoms with van der Waals surface area (Å²) in [5, 5.41) is 15.0. The molecule has 0 saturated carbocycles. The molecule has 0 aliphatic carbocycles. The highest BCUT2D eigenvalue weighted by molar-refractivity contribution is 6.24. The molecule has 0 fully saturated rings. The third-order valence-corrected chi connectivity index (χ3v) is 3.77. The minimum atomic E-state index is 0.116. The van der Waals surface area contributed by atoms with E-state index in [9.17, 15) is 0 Å². The third-order valence-electron chi connectivity index (χ3n) is 3.77. The Morgan fingerprint density at radius 1 is 0.737 bits per heavy atom. The predicted octanol–water partition coefficient (Wildman–Crippen LogP) is 3.87. The molecule has 0 heterocycles. The zero-order chi connectivity index (χ0) is 13.0. The summed E-state index contributed by atoms with van der Waals surface area (Å²) in [6, 6.07) is 18.8. The molecule has 4 aromatic carbocycles. The van der Waals surface area contributed by atoms with Crippen LogP contribution in [0.3, 0.4) is 0 Å². The summed E-state index contributed by atoms with van der Waals surface area (Å²) in [7, 11) is 0. The monoisotopic (exact) mass is 244 g/mol. The van der Waals surface area contributed by atoms with Gasteiger partial charge in [-0.15, -0.1) is 0 Å². The fourth-order valence-corrected chi connectivity index (χ4v) is 2.91. The number of nitrogen functional groups attached to an aromatic ring is 1. The van der Waals surface area contributed by atoms with Crippen molar-refractivity contribution >= 4 is 38.2 Å². The van der Waals surface area contributed by atoms with E-state index in [1.807, 2.05) is 12.1 Å². The minimum Gasteiger partial charge on any atom is -0.384 e. The van der Waals surface area contributed by atoms with Crippen molar-refractivity contribution in [3.63, 3.8) is 0 Å². The van der Waals surface area contributed by atoms with E-state index < -0.39 is 0 Å². The summed E-state index contributed by atoms with van der Waals surface area (Å²) < 4.78 is 0. The third kappa shape index (κ3) is 1.34. The van der Waals surface area contributed by atoms with Crippen LogP contribution in [0, 0.1) is 5.41 Å². The number of hydrogen-bond acceptors (Lipinski definition) is 1. The summed E-state index contributed by atoms with van der Waals surface area (Å²) >= 11 is 0. The highest BCUT2D eigenvalue weighted by Gasteiger charge is 2.09. The molecular weight excluding hydrogens is 232 g/mol. The lowest BCUT2D eigenvalue weighted by molar-refractivity contribution is 1.44. The zero-order valence-electron chi connectivity index (χ0n) is 10.3. The smallest absolute Gasteiger partial charge is 0.122 e. The molecule has 0 amide bonds. The van der Waals surface area contributed by atoms with Crippen LogP contribution in [-0.2, 0) is 0 Å². The van der Waals surface area contributed by atoms with Crippen LogP contribution in [-0.4, -0.2) is 5.84 Å². The number of nitrogens with two attached hydrogens (primary N) is 1.